The smallest absolute Gasteiger partial charge is 0.337 e. The standard InChI is InChI=1S/C15H21NO2/c1-16(10-12-4-3-5-12)11-13-6-8-14(9-7-13)15(17)18-2/h6-9,12H,3-5,10-11H2,1-2H3. The Bertz CT molecular complexity index is 395. The number of esters is 1. The molecule has 3 heteroatoms. The zero-order valence-electron chi connectivity index (χ0n) is 11.2. The second-order valence-electron chi connectivity index (χ2n) is 5.18. The minimum Gasteiger partial charge on any atom is -0.465 e. The minimum absolute atomic E-state index is 0.274. The van der Waals surface area contributed by atoms with Crippen LogP contribution in [0.2, 0.25) is 0 Å². The average Bonchev–Trinajstić information content (AvgIpc) is 2.34. The molecule has 18 heavy (non-hydrogen) atoms. The van der Waals surface area contributed by atoms with Crippen LogP contribution in [0.1, 0.15) is 35.2 Å². The fourth-order valence-electron chi connectivity index (χ4n) is 2.36. The van der Waals surface area contributed by atoms with Gasteiger partial charge < -0.3 is 9.64 Å². The van der Waals surface area contributed by atoms with Gasteiger partial charge >= 0.3 is 5.97 Å². The molecule has 98 valence electrons. The number of carbonyl (C=O) groups excluding carboxylic acids is 1. The van der Waals surface area contributed by atoms with E-state index in [1.165, 1.54) is 38.5 Å². The van der Waals surface area contributed by atoms with Crippen LogP contribution in [-0.4, -0.2) is 31.6 Å². The van der Waals surface area contributed by atoms with Crippen LogP contribution < -0.4 is 0 Å². The van der Waals surface area contributed by atoms with Crippen LogP contribution in [0.5, 0.6) is 0 Å². The Hall–Kier alpha value is -1.35. The number of benzene rings is 1. The molecule has 1 saturated carbocycles. The van der Waals surface area contributed by atoms with E-state index in [9.17, 15) is 4.79 Å². The molecule has 3 nitrogen and oxygen atoms in total. The third-order valence-electron chi connectivity index (χ3n) is 3.62. The minimum atomic E-state index is -0.274. The van der Waals surface area contributed by atoms with Crippen LogP contribution in [0, 0.1) is 5.92 Å². The monoisotopic (exact) mass is 247 g/mol. The van der Waals surface area contributed by atoms with Gasteiger partial charge in [-0.25, -0.2) is 4.79 Å². The van der Waals surface area contributed by atoms with Gasteiger partial charge in [0.25, 0.3) is 0 Å². The molecule has 1 aliphatic rings. The summed E-state index contributed by atoms with van der Waals surface area (Å²) in [5.74, 6) is 0.619. The van der Waals surface area contributed by atoms with Crippen LogP contribution in [0.4, 0.5) is 0 Å². The highest BCUT2D eigenvalue weighted by Gasteiger charge is 2.18. The summed E-state index contributed by atoms with van der Waals surface area (Å²) in [6.07, 6.45) is 4.16. The molecule has 0 amide bonds. The third-order valence-corrected chi connectivity index (χ3v) is 3.62. The largest absolute Gasteiger partial charge is 0.465 e. The Kier molecular flexibility index (Phi) is 4.37. The van der Waals surface area contributed by atoms with Gasteiger partial charge in [-0.1, -0.05) is 18.6 Å². The lowest BCUT2D eigenvalue weighted by atomic mass is 9.85. The van der Waals surface area contributed by atoms with Crippen molar-refractivity contribution in [1.82, 2.24) is 4.90 Å². The van der Waals surface area contributed by atoms with Gasteiger partial charge in [-0.15, -0.1) is 0 Å². The van der Waals surface area contributed by atoms with Crippen LogP contribution >= 0.6 is 0 Å². The predicted octanol–water partition coefficient (Wildman–Crippen LogP) is 2.71. The Balaban J connectivity index is 1.86. The molecule has 0 saturated heterocycles. The molecule has 0 heterocycles. The Labute approximate surface area is 109 Å². The number of ether oxygens (including phenoxy) is 1. The van der Waals surface area contributed by atoms with Crippen LogP contribution in [0.15, 0.2) is 24.3 Å². The van der Waals surface area contributed by atoms with Crippen molar-refractivity contribution in [3.05, 3.63) is 35.4 Å². The Morgan fingerprint density at radius 3 is 2.50 bits per heavy atom. The lowest BCUT2D eigenvalue weighted by Gasteiger charge is -2.30. The third kappa shape index (κ3) is 3.33. The normalized spacial score (nSPS) is 15.5. The summed E-state index contributed by atoms with van der Waals surface area (Å²) in [5, 5.41) is 0. The quantitative estimate of drug-likeness (QED) is 0.749. The zero-order valence-corrected chi connectivity index (χ0v) is 11.2. The van der Waals surface area contributed by atoms with Gasteiger partial charge in [-0.2, -0.15) is 0 Å². The lowest BCUT2D eigenvalue weighted by Crippen LogP contribution is -2.29. The highest BCUT2D eigenvalue weighted by atomic mass is 16.5. The van der Waals surface area contributed by atoms with E-state index >= 15 is 0 Å². The molecule has 0 aliphatic heterocycles. The van der Waals surface area contributed by atoms with Crippen LogP contribution in [0.25, 0.3) is 0 Å². The summed E-state index contributed by atoms with van der Waals surface area (Å²) in [4.78, 5) is 13.7. The lowest BCUT2D eigenvalue weighted by molar-refractivity contribution is 0.0600. The average molecular weight is 247 g/mol. The van der Waals surface area contributed by atoms with Crippen LogP contribution in [-0.2, 0) is 11.3 Å². The highest BCUT2D eigenvalue weighted by molar-refractivity contribution is 5.89. The van der Waals surface area contributed by atoms with Gasteiger partial charge in [0, 0.05) is 13.1 Å². The van der Waals surface area contributed by atoms with E-state index in [4.69, 9.17) is 0 Å². The van der Waals surface area contributed by atoms with E-state index < -0.39 is 0 Å². The molecule has 0 N–H and O–H groups in total. The van der Waals surface area contributed by atoms with E-state index in [-0.39, 0.29) is 5.97 Å². The molecule has 1 fully saturated rings. The van der Waals surface area contributed by atoms with Crippen molar-refractivity contribution < 1.29 is 9.53 Å². The SMILES string of the molecule is COC(=O)c1ccc(CN(C)CC2CCC2)cc1. The number of hydrogen-bond donors (Lipinski definition) is 0. The summed E-state index contributed by atoms with van der Waals surface area (Å²) in [5.41, 5.74) is 1.85. The van der Waals surface area contributed by atoms with Crippen molar-refractivity contribution in [3.8, 4) is 0 Å². The zero-order chi connectivity index (χ0) is 13.0. The van der Waals surface area contributed by atoms with E-state index in [1.807, 2.05) is 24.3 Å². The molecule has 0 unspecified atom stereocenters. The van der Waals surface area contributed by atoms with Gasteiger partial charge in [0.05, 0.1) is 12.7 Å². The number of nitrogens with zero attached hydrogens (tertiary/aromatic N) is 1. The molecule has 0 aromatic heterocycles. The first-order chi connectivity index (χ1) is 8.69. The molecule has 0 spiro atoms. The van der Waals surface area contributed by atoms with Crippen LogP contribution in [0.3, 0.4) is 0 Å². The van der Waals surface area contributed by atoms with Gasteiger partial charge in [-0.3, -0.25) is 0 Å². The van der Waals surface area contributed by atoms with E-state index in [2.05, 4.69) is 16.7 Å². The molecular weight excluding hydrogens is 226 g/mol. The number of rotatable bonds is 5. The first-order valence-electron chi connectivity index (χ1n) is 6.55. The van der Waals surface area contributed by atoms with Crippen molar-refractivity contribution >= 4 is 5.97 Å². The predicted molar refractivity (Wildman–Crippen MR) is 71.5 cm³/mol. The van der Waals surface area contributed by atoms with E-state index in [1.54, 1.807) is 0 Å². The number of hydrogen-bond acceptors (Lipinski definition) is 3. The van der Waals surface area contributed by atoms with Crippen molar-refractivity contribution in [1.29, 1.82) is 0 Å². The number of carbonyl (C=O) groups is 1. The molecule has 1 aliphatic carbocycles. The molecule has 0 atom stereocenters. The second kappa shape index (κ2) is 6.01. The topological polar surface area (TPSA) is 29.5 Å². The first kappa shape index (κ1) is 13.1. The fourth-order valence-corrected chi connectivity index (χ4v) is 2.36. The maximum atomic E-state index is 11.3. The summed E-state index contributed by atoms with van der Waals surface area (Å²) in [6, 6.07) is 7.67. The molecule has 0 bridgehead atoms. The van der Waals surface area contributed by atoms with E-state index in [0.717, 1.165) is 12.5 Å². The molecule has 1 aromatic carbocycles. The van der Waals surface area contributed by atoms with Gasteiger partial charge in [-0.05, 0) is 43.5 Å². The maximum Gasteiger partial charge on any atom is 0.337 e. The molecule has 0 radical (unpaired) electrons. The molecule has 2 rings (SSSR count). The Morgan fingerprint density at radius 2 is 2.00 bits per heavy atom. The van der Waals surface area contributed by atoms with Gasteiger partial charge in [0.1, 0.15) is 0 Å². The summed E-state index contributed by atoms with van der Waals surface area (Å²) < 4.78 is 4.68. The highest BCUT2D eigenvalue weighted by Crippen LogP contribution is 2.27. The van der Waals surface area contributed by atoms with Crippen molar-refractivity contribution in [2.24, 2.45) is 5.92 Å². The summed E-state index contributed by atoms with van der Waals surface area (Å²) in [7, 11) is 3.56. The summed E-state index contributed by atoms with van der Waals surface area (Å²) >= 11 is 0. The van der Waals surface area contributed by atoms with Gasteiger partial charge in [0.15, 0.2) is 0 Å². The van der Waals surface area contributed by atoms with Crippen molar-refractivity contribution in [3.63, 3.8) is 0 Å². The maximum absolute atomic E-state index is 11.3. The van der Waals surface area contributed by atoms with Crippen molar-refractivity contribution in [2.75, 3.05) is 20.7 Å². The van der Waals surface area contributed by atoms with Gasteiger partial charge in [0.2, 0.25) is 0 Å². The first-order valence-corrected chi connectivity index (χ1v) is 6.55. The fraction of sp³-hybridized carbons (Fsp3) is 0.533. The van der Waals surface area contributed by atoms with Crippen molar-refractivity contribution in [2.45, 2.75) is 25.8 Å². The molecular formula is C15H21NO2. The summed E-state index contributed by atoms with van der Waals surface area (Å²) in [6.45, 7) is 2.12. The molecule has 1 aromatic rings. The second-order valence-corrected chi connectivity index (χ2v) is 5.18. The number of methoxy groups -OCH3 is 1. The van der Waals surface area contributed by atoms with E-state index in [0.29, 0.717) is 5.56 Å². The Morgan fingerprint density at radius 1 is 1.33 bits per heavy atom.